The van der Waals surface area contributed by atoms with Crippen LogP contribution in [0.4, 0.5) is 26.4 Å². The normalized spacial score (nSPS) is 25.6. The molecule has 2 saturated heterocycles. The largest absolute Gasteiger partial charge is 0.462 e. The molecule has 27 nitrogen and oxygen atoms in total. The summed E-state index contributed by atoms with van der Waals surface area (Å²) in [5.74, 6) is -0.621. The Labute approximate surface area is 523 Å². The number of carbonyl (C=O) groups excluding carboxylic acids is 2. The lowest BCUT2D eigenvalue weighted by atomic mass is 9.93. The molecule has 488 valence electrons. The Morgan fingerprint density at radius 1 is 0.674 bits per heavy atom. The van der Waals surface area contributed by atoms with E-state index in [2.05, 4.69) is 50.7 Å². The maximum absolute atomic E-state index is 15.9. The van der Waals surface area contributed by atoms with E-state index >= 15 is 8.78 Å². The number of imidazole rings is 2. The molecule has 12 atom stereocenters. The monoisotopic (exact) mass is 1330 g/mol. The van der Waals surface area contributed by atoms with Crippen molar-refractivity contribution in [1.29, 1.82) is 0 Å². The molecule has 2 aromatic carbocycles. The summed E-state index contributed by atoms with van der Waals surface area (Å²) in [5.41, 5.74) is 3.47. The van der Waals surface area contributed by atoms with Gasteiger partial charge in [-0.25, -0.2) is 37.8 Å². The number of anilines is 3. The number of aliphatic hydroxyl groups is 2. The van der Waals surface area contributed by atoms with Gasteiger partial charge in [0.15, 0.2) is 58.8 Å². The minimum atomic E-state index is -4.38. The maximum Gasteiger partial charge on any atom is 0.459 e. The molecule has 4 aliphatic rings. The molecule has 2 aliphatic heterocycles. The average molecular weight is 1330 g/mol. The van der Waals surface area contributed by atoms with E-state index in [-0.39, 0.29) is 42.6 Å². The summed E-state index contributed by atoms with van der Waals surface area (Å²) >= 11 is 12.6. The zero-order chi connectivity index (χ0) is 63.3. The van der Waals surface area contributed by atoms with E-state index in [1.165, 1.54) is 47.8 Å². The number of esters is 2. The fourth-order valence-electron chi connectivity index (χ4n) is 9.68. The molecule has 0 amide bonds. The molecule has 2 aliphatic carbocycles. The number of aromatic nitrogens is 8. The average Bonchev–Trinajstić information content (AvgIpc) is 3.21. The van der Waals surface area contributed by atoms with Crippen LogP contribution in [0.3, 0.4) is 0 Å². The number of nitrogen functional groups attached to an aromatic ring is 1. The lowest BCUT2D eigenvalue weighted by Gasteiger charge is -2.31. The van der Waals surface area contributed by atoms with Crippen LogP contribution in [0.2, 0.25) is 0 Å². The topological polar surface area (TPSA) is 344 Å². The van der Waals surface area contributed by atoms with Crippen molar-refractivity contribution in [2.24, 2.45) is 0 Å². The number of nitrogens with two attached hydrogens (primary N) is 1. The fourth-order valence-corrected chi connectivity index (χ4v) is 13.4. The van der Waals surface area contributed by atoms with Crippen molar-refractivity contribution in [2.75, 3.05) is 41.3 Å². The molecular weight excluding hydrogens is 1250 g/mol. The highest BCUT2D eigenvalue weighted by atomic mass is 35.5. The van der Waals surface area contributed by atoms with Crippen molar-refractivity contribution in [2.45, 2.75) is 179 Å². The summed E-state index contributed by atoms with van der Waals surface area (Å²) in [6.07, 6.45) is -2.48. The van der Waals surface area contributed by atoms with Crippen LogP contribution in [-0.4, -0.2) is 158 Å². The molecule has 8 N–H and O–H groups in total. The van der Waals surface area contributed by atoms with Crippen LogP contribution in [-0.2, 0) is 46.7 Å². The molecule has 2 saturated carbocycles. The third-order valence-corrected chi connectivity index (χ3v) is 19.0. The Balaban J connectivity index is 0.000000228. The second kappa shape index (κ2) is 29.1. The number of nitrogens with one attached hydrogen (secondary N) is 4. The molecule has 0 unspecified atom stereocenters. The first kappa shape index (κ1) is 69.0. The maximum atomic E-state index is 15.9. The van der Waals surface area contributed by atoms with Crippen molar-refractivity contribution in [3.8, 4) is 11.5 Å². The van der Waals surface area contributed by atoms with Gasteiger partial charge in [-0.15, -0.1) is 23.2 Å². The van der Waals surface area contributed by atoms with E-state index in [1.54, 1.807) is 83.1 Å². The highest BCUT2D eigenvalue weighted by Crippen LogP contribution is 2.51. The number of aliphatic hydroxyl groups excluding tert-OH is 2. The predicted octanol–water partition coefficient (Wildman–Crippen LogP) is 8.79. The first-order valence-corrected chi connectivity index (χ1v) is 32.8. The molecule has 33 heteroatoms. The number of ether oxygens (including phenoxy) is 4. The quantitative estimate of drug-likeness (QED) is 0.0151. The second-order valence-electron chi connectivity index (χ2n) is 22.5. The summed E-state index contributed by atoms with van der Waals surface area (Å²) < 4.78 is 108. The summed E-state index contributed by atoms with van der Waals surface area (Å²) in [4.78, 5) is 51.2. The molecule has 0 bridgehead atoms. The SMILES string of the molecule is C.CC(C)OC(=O)[C@H](C)N[P@](=O)(OC[C@@]1(CCl)O[C@@H](n2cnc3c(NC4CCC4)nc(N)nc32)[C@@H](F)[C@@H]1O)Oc1ccccc1.Cc1nc(NC2CCC2)c2ncn([C@@H]3O[C@](CCl)(CO[P@](=O)(N[C@@H](C)C(=O)OC(C)C)Oc4ccccc4)[C@@H](O)[C@@H]3F)c2n1. The number of fused-ring (bicyclic) bond motifs is 2. The van der Waals surface area contributed by atoms with Crippen molar-refractivity contribution < 1.29 is 74.8 Å². The van der Waals surface area contributed by atoms with Gasteiger partial charge in [-0.1, -0.05) is 43.8 Å². The van der Waals surface area contributed by atoms with Crippen molar-refractivity contribution in [3.05, 3.63) is 79.1 Å². The zero-order valence-electron chi connectivity index (χ0n) is 49.3. The van der Waals surface area contributed by atoms with Gasteiger partial charge < -0.3 is 54.6 Å². The number of para-hydroxylation sites is 2. The summed E-state index contributed by atoms with van der Waals surface area (Å²) in [5, 5.41) is 33.9. The second-order valence-corrected chi connectivity index (χ2v) is 26.4. The summed E-state index contributed by atoms with van der Waals surface area (Å²) in [7, 11) is -8.74. The van der Waals surface area contributed by atoms with E-state index < -0.39 is 125 Å². The molecule has 6 heterocycles. The molecule has 10 rings (SSSR count). The number of nitrogens with zero attached hydrogens (tertiary/aromatic N) is 8. The van der Waals surface area contributed by atoms with E-state index in [4.69, 9.17) is 66.0 Å². The van der Waals surface area contributed by atoms with Crippen molar-refractivity contribution in [3.63, 3.8) is 0 Å². The number of rotatable bonds is 26. The van der Waals surface area contributed by atoms with Gasteiger partial charge in [0.05, 0.1) is 49.8 Å². The third kappa shape index (κ3) is 15.9. The fraction of sp³-hybridized carbons (Fsp3) is 0.571. The number of aryl methyl sites for hydroxylation is 1. The van der Waals surface area contributed by atoms with Crippen LogP contribution in [0.5, 0.6) is 11.5 Å². The number of benzene rings is 2. The first-order valence-electron chi connectivity index (χ1n) is 28.7. The number of hydrogen-bond acceptors (Lipinski definition) is 23. The highest BCUT2D eigenvalue weighted by Gasteiger charge is 2.59. The summed E-state index contributed by atoms with van der Waals surface area (Å²) in [6.45, 7) is 9.92. The van der Waals surface area contributed by atoms with Crippen molar-refractivity contribution >= 4 is 90.5 Å². The van der Waals surface area contributed by atoms with E-state index in [0.29, 0.717) is 34.1 Å². The Morgan fingerprint density at radius 2 is 1.07 bits per heavy atom. The van der Waals surface area contributed by atoms with Gasteiger partial charge in [-0.3, -0.25) is 27.8 Å². The first-order chi connectivity index (χ1) is 41.9. The van der Waals surface area contributed by atoms with Gasteiger partial charge in [0.1, 0.15) is 52.8 Å². The van der Waals surface area contributed by atoms with E-state index in [0.717, 1.165) is 38.5 Å². The van der Waals surface area contributed by atoms with Gasteiger partial charge in [0.25, 0.3) is 0 Å². The van der Waals surface area contributed by atoms with Gasteiger partial charge in [0.2, 0.25) is 5.95 Å². The van der Waals surface area contributed by atoms with Crippen LogP contribution >= 0.6 is 38.7 Å². The highest BCUT2D eigenvalue weighted by molar-refractivity contribution is 7.52. The number of hydrogen-bond donors (Lipinski definition) is 7. The Bertz CT molecular complexity index is 3250. The van der Waals surface area contributed by atoms with Crippen LogP contribution in [0, 0.1) is 6.92 Å². The Morgan fingerprint density at radius 3 is 1.44 bits per heavy atom. The van der Waals surface area contributed by atoms with Crippen LogP contribution in [0.15, 0.2) is 73.3 Å². The molecule has 0 radical (unpaired) electrons. The molecular formula is C56H77Cl2F2N13O14P2. The van der Waals surface area contributed by atoms with Gasteiger partial charge in [-0.2, -0.15) is 20.1 Å². The number of carbonyl (C=O) groups is 2. The summed E-state index contributed by atoms with van der Waals surface area (Å²) in [6, 6.07) is 14.5. The molecule has 0 spiro atoms. The van der Waals surface area contributed by atoms with Gasteiger partial charge >= 0.3 is 27.4 Å². The standard InChI is InChI=1S/C28H37ClFN6O7P.C27H36ClFN7O7P.CH4/c1-16(2)41-27(38)17(3)35-44(39,43-20-11-6-5-7-12-20)40-14-28(13-29)23(37)21(30)26(42-28)36-15-31-22-24(34-19-9-8-10-19)32-18(4)33-25(22)36;1-15(2)41-25(38)16(3)35-44(39,43-18-10-5-4-6-11-18)40-13-27(12-28)21(37)19(29)24(42-27)36-14-31-20-22(32-17-8-7-9-17)33-26(30)34-23(20)36;/h5-7,11-12,15-17,19,21,23,26,37H,8-10,13-14H2,1-4H3,(H,35,39)(H,32,33,34);4-6,10-11,14-17,19,21,24,37H,7-9,12-13H2,1-3H3,(H,35,39)(H3,30,32,33,34);1H4/t17-,21-,23-,26+,28+,44+;16-,19-,21-,24+,27+,44-;/m00./s1. The smallest absolute Gasteiger partial charge is 0.459 e. The molecule has 6 aromatic rings. The Kier molecular flexibility index (Phi) is 22.6. The lowest BCUT2D eigenvalue weighted by Crippen LogP contribution is -2.48. The number of alkyl halides is 4. The zero-order valence-corrected chi connectivity index (χ0v) is 52.6. The third-order valence-electron chi connectivity index (χ3n) is 14.8. The Hall–Kier alpha value is -5.94. The predicted molar refractivity (Wildman–Crippen MR) is 327 cm³/mol. The number of halogens is 4. The molecule has 4 fully saturated rings. The molecule has 4 aromatic heterocycles. The van der Waals surface area contributed by atoms with Gasteiger partial charge in [0, 0.05) is 12.1 Å². The lowest BCUT2D eigenvalue weighted by molar-refractivity contribution is -0.150. The minimum Gasteiger partial charge on any atom is -0.462 e. The van der Waals surface area contributed by atoms with Crippen molar-refractivity contribution in [1.82, 2.24) is 49.2 Å². The van der Waals surface area contributed by atoms with Crippen LogP contribution in [0.1, 0.15) is 106 Å². The van der Waals surface area contributed by atoms with E-state index in [1.807, 2.05) is 0 Å². The van der Waals surface area contributed by atoms with Crippen LogP contribution < -0.4 is 35.6 Å². The minimum absolute atomic E-state index is 0. The van der Waals surface area contributed by atoms with E-state index in [9.17, 15) is 28.9 Å². The van der Waals surface area contributed by atoms with Gasteiger partial charge in [-0.05, 0) is 111 Å². The molecule has 89 heavy (non-hydrogen) atoms. The van der Waals surface area contributed by atoms with Crippen LogP contribution in [0.25, 0.3) is 22.3 Å².